The van der Waals surface area contributed by atoms with Crippen LogP contribution in [0.25, 0.3) is 11.5 Å². The van der Waals surface area contributed by atoms with Gasteiger partial charge in [0.2, 0.25) is 5.89 Å². The molecule has 1 N–H and O–H groups in total. The maximum atomic E-state index is 13.6. The molecule has 2 heterocycles. The van der Waals surface area contributed by atoms with Crippen molar-refractivity contribution in [3.63, 3.8) is 0 Å². The van der Waals surface area contributed by atoms with Crippen LogP contribution in [0.2, 0.25) is 0 Å². The van der Waals surface area contributed by atoms with E-state index in [-0.39, 0.29) is 28.1 Å². The first-order chi connectivity index (χ1) is 11.0. The Labute approximate surface area is 136 Å². The monoisotopic (exact) mass is 353 g/mol. The van der Waals surface area contributed by atoms with Gasteiger partial charge in [0, 0.05) is 4.88 Å². The summed E-state index contributed by atoms with van der Waals surface area (Å²) in [7, 11) is -3.63. The predicted octanol–water partition coefficient (Wildman–Crippen LogP) is 2.72. The maximum absolute atomic E-state index is 13.6. The fourth-order valence-corrected chi connectivity index (χ4v) is 4.16. The van der Waals surface area contributed by atoms with Gasteiger partial charge in [-0.1, -0.05) is 12.1 Å². The van der Waals surface area contributed by atoms with E-state index in [1.54, 1.807) is 18.2 Å². The van der Waals surface area contributed by atoms with E-state index in [4.69, 9.17) is 4.42 Å². The third kappa shape index (κ3) is 3.46. The third-order valence-electron chi connectivity index (χ3n) is 2.97. The number of thiophene rings is 1. The average molecular weight is 353 g/mol. The zero-order chi connectivity index (χ0) is 16.4. The second-order valence-corrected chi connectivity index (χ2v) is 7.95. The highest BCUT2D eigenvalue weighted by atomic mass is 32.2. The van der Waals surface area contributed by atoms with Crippen LogP contribution in [0.3, 0.4) is 0 Å². The van der Waals surface area contributed by atoms with Gasteiger partial charge in [0.25, 0.3) is 15.9 Å². The quantitative estimate of drug-likeness (QED) is 0.762. The Morgan fingerprint density at radius 3 is 2.70 bits per heavy atom. The Hall–Kier alpha value is -2.10. The molecule has 0 saturated heterocycles. The Morgan fingerprint density at radius 1 is 1.22 bits per heavy atom. The lowest BCUT2D eigenvalue weighted by Crippen LogP contribution is -2.22. The van der Waals surface area contributed by atoms with Crippen molar-refractivity contribution in [2.24, 2.45) is 0 Å². The zero-order valence-corrected chi connectivity index (χ0v) is 13.6. The molecule has 0 aliphatic carbocycles. The summed E-state index contributed by atoms with van der Waals surface area (Å²) in [5, 5.41) is 7.46. The minimum absolute atomic E-state index is 0.00395. The van der Waals surface area contributed by atoms with E-state index in [0.717, 1.165) is 4.88 Å². The summed E-state index contributed by atoms with van der Waals surface area (Å²) in [6, 6.07) is 9.23. The molecule has 0 amide bonds. The van der Waals surface area contributed by atoms with Gasteiger partial charge in [0.05, 0.1) is 12.1 Å². The molecule has 0 atom stereocenters. The number of halogens is 1. The number of nitrogens with one attached hydrogen (secondary N) is 1. The number of benzene rings is 1. The Kier molecular flexibility index (Phi) is 4.24. The fourth-order valence-electron chi connectivity index (χ4n) is 1.85. The van der Waals surface area contributed by atoms with Crippen LogP contribution in [0, 0.1) is 12.7 Å². The minimum Gasteiger partial charge on any atom is -0.419 e. The molecule has 2 aromatic heterocycles. The second-order valence-electron chi connectivity index (χ2n) is 4.67. The zero-order valence-electron chi connectivity index (χ0n) is 12.0. The molecule has 23 heavy (non-hydrogen) atoms. The van der Waals surface area contributed by atoms with E-state index >= 15 is 0 Å². The van der Waals surface area contributed by atoms with Crippen LogP contribution >= 0.6 is 11.3 Å². The van der Waals surface area contributed by atoms with Crippen LogP contribution < -0.4 is 4.72 Å². The number of rotatable bonds is 5. The molecule has 9 heteroatoms. The molecular formula is C14H12FN3O3S2. The SMILES string of the molecule is Cc1ccc(S(=O)(=O)NCc2nnc(-c3ccccc3F)o2)s1. The van der Waals surface area contributed by atoms with Crippen LogP contribution in [0.1, 0.15) is 10.8 Å². The lowest BCUT2D eigenvalue weighted by molar-refractivity contribution is 0.491. The molecule has 0 spiro atoms. The molecular weight excluding hydrogens is 341 g/mol. The highest BCUT2D eigenvalue weighted by molar-refractivity contribution is 7.91. The van der Waals surface area contributed by atoms with Crippen molar-refractivity contribution < 1.29 is 17.2 Å². The number of aryl methyl sites for hydroxylation is 1. The van der Waals surface area contributed by atoms with Gasteiger partial charge in [-0.15, -0.1) is 21.5 Å². The number of hydrogen-bond donors (Lipinski definition) is 1. The van der Waals surface area contributed by atoms with Crippen molar-refractivity contribution in [2.45, 2.75) is 17.7 Å². The first-order valence-electron chi connectivity index (χ1n) is 6.59. The lowest BCUT2D eigenvalue weighted by Gasteiger charge is -2.01. The van der Waals surface area contributed by atoms with Crippen LogP contribution in [0.15, 0.2) is 45.0 Å². The van der Waals surface area contributed by atoms with Crippen molar-refractivity contribution in [3.05, 3.63) is 53.0 Å². The summed E-state index contributed by atoms with van der Waals surface area (Å²) < 4.78 is 45.7. The molecule has 0 saturated carbocycles. The van der Waals surface area contributed by atoms with Gasteiger partial charge in [0.15, 0.2) is 0 Å². The summed E-state index contributed by atoms with van der Waals surface area (Å²) in [5.74, 6) is -0.429. The summed E-state index contributed by atoms with van der Waals surface area (Å²) in [5.41, 5.74) is 0.169. The molecule has 0 fully saturated rings. The molecule has 3 aromatic rings. The van der Waals surface area contributed by atoms with E-state index in [1.807, 2.05) is 6.92 Å². The predicted molar refractivity (Wildman–Crippen MR) is 82.8 cm³/mol. The van der Waals surface area contributed by atoms with Gasteiger partial charge < -0.3 is 4.42 Å². The number of hydrogen-bond acceptors (Lipinski definition) is 6. The first-order valence-corrected chi connectivity index (χ1v) is 8.89. The van der Waals surface area contributed by atoms with Crippen molar-refractivity contribution in [1.29, 1.82) is 0 Å². The van der Waals surface area contributed by atoms with Crippen molar-refractivity contribution in [2.75, 3.05) is 0 Å². The third-order valence-corrected chi connectivity index (χ3v) is 5.86. The van der Waals surface area contributed by atoms with E-state index < -0.39 is 15.8 Å². The van der Waals surface area contributed by atoms with Gasteiger partial charge >= 0.3 is 0 Å². The lowest BCUT2D eigenvalue weighted by atomic mass is 10.2. The van der Waals surface area contributed by atoms with Gasteiger partial charge in [-0.05, 0) is 31.2 Å². The van der Waals surface area contributed by atoms with E-state index in [9.17, 15) is 12.8 Å². The molecule has 0 radical (unpaired) electrons. The smallest absolute Gasteiger partial charge is 0.250 e. The summed E-state index contributed by atoms with van der Waals surface area (Å²) in [6.45, 7) is 1.66. The van der Waals surface area contributed by atoms with Crippen LogP contribution in [-0.4, -0.2) is 18.6 Å². The topological polar surface area (TPSA) is 85.1 Å². The summed E-state index contributed by atoms with van der Waals surface area (Å²) in [6.07, 6.45) is 0. The Bertz CT molecular complexity index is 934. The number of sulfonamides is 1. The molecule has 6 nitrogen and oxygen atoms in total. The van der Waals surface area contributed by atoms with Crippen molar-refractivity contribution in [1.82, 2.24) is 14.9 Å². The van der Waals surface area contributed by atoms with Crippen LogP contribution in [0.4, 0.5) is 4.39 Å². The molecule has 1 aromatic carbocycles. The normalized spacial score (nSPS) is 11.7. The highest BCUT2D eigenvalue weighted by Gasteiger charge is 2.18. The Morgan fingerprint density at radius 2 is 2.00 bits per heavy atom. The Balaban J connectivity index is 1.74. The molecule has 0 aliphatic rings. The largest absolute Gasteiger partial charge is 0.419 e. The van der Waals surface area contributed by atoms with Crippen LogP contribution in [0.5, 0.6) is 0 Å². The van der Waals surface area contributed by atoms with Crippen molar-refractivity contribution in [3.8, 4) is 11.5 Å². The number of nitrogens with zero attached hydrogens (tertiary/aromatic N) is 2. The molecule has 120 valence electrons. The van der Waals surface area contributed by atoms with Crippen LogP contribution in [-0.2, 0) is 16.6 Å². The average Bonchev–Trinajstić information content (AvgIpc) is 3.15. The number of aromatic nitrogens is 2. The van der Waals surface area contributed by atoms with Crippen molar-refractivity contribution >= 4 is 21.4 Å². The second kappa shape index (κ2) is 6.19. The summed E-state index contributed by atoms with van der Waals surface area (Å²) in [4.78, 5) is 0.894. The van der Waals surface area contributed by atoms with Gasteiger partial charge in [0.1, 0.15) is 10.0 Å². The standard InChI is InChI=1S/C14H12FN3O3S2/c1-9-6-7-13(22-9)23(19,20)16-8-12-17-18-14(21-12)10-4-2-3-5-11(10)15/h2-7,16H,8H2,1H3. The molecule has 3 rings (SSSR count). The van der Waals surface area contributed by atoms with E-state index in [1.165, 1.54) is 29.5 Å². The maximum Gasteiger partial charge on any atom is 0.250 e. The minimum atomic E-state index is -3.63. The molecule has 0 unspecified atom stereocenters. The van der Waals surface area contributed by atoms with Gasteiger partial charge in [-0.3, -0.25) is 0 Å². The van der Waals surface area contributed by atoms with E-state index in [0.29, 0.717) is 0 Å². The summed E-state index contributed by atoms with van der Waals surface area (Å²) >= 11 is 1.17. The van der Waals surface area contributed by atoms with Gasteiger partial charge in [-0.25, -0.2) is 17.5 Å². The highest BCUT2D eigenvalue weighted by Crippen LogP contribution is 2.22. The fraction of sp³-hybridized carbons (Fsp3) is 0.143. The van der Waals surface area contributed by atoms with E-state index in [2.05, 4.69) is 14.9 Å². The molecule has 0 aliphatic heterocycles. The van der Waals surface area contributed by atoms with Gasteiger partial charge in [-0.2, -0.15) is 0 Å². The molecule has 0 bridgehead atoms. The first kappa shape index (κ1) is 15.8.